The maximum Gasteiger partial charge on any atom is 0.262 e. The number of imide groups is 1. The predicted octanol–water partition coefficient (Wildman–Crippen LogP) is 4.91. The van der Waals surface area contributed by atoms with Crippen LogP contribution in [-0.2, 0) is 0 Å². The van der Waals surface area contributed by atoms with Gasteiger partial charge >= 0.3 is 0 Å². The van der Waals surface area contributed by atoms with Crippen molar-refractivity contribution in [1.29, 1.82) is 0 Å². The molecule has 4 aromatic rings. The highest BCUT2D eigenvalue weighted by molar-refractivity contribution is 6.31. The lowest BCUT2D eigenvalue weighted by atomic mass is 9.89. The van der Waals surface area contributed by atoms with Crippen molar-refractivity contribution in [1.82, 2.24) is 9.80 Å². The van der Waals surface area contributed by atoms with Gasteiger partial charge in [0.2, 0.25) is 0 Å². The first-order valence-corrected chi connectivity index (χ1v) is 11.2. The minimum Gasteiger partial charge on any atom is -0.496 e. The van der Waals surface area contributed by atoms with Crippen molar-refractivity contribution in [3.05, 3.63) is 83.4 Å². The van der Waals surface area contributed by atoms with Crippen molar-refractivity contribution in [2.45, 2.75) is 0 Å². The number of amides is 2. The van der Waals surface area contributed by atoms with Gasteiger partial charge in [-0.25, -0.2) is 0 Å². The normalized spacial score (nSPS) is 13.6. The number of rotatable bonds is 6. The largest absolute Gasteiger partial charge is 0.496 e. The Morgan fingerprint density at radius 2 is 1.65 bits per heavy atom. The maximum atomic E-state index is 13.8. The Hall–Kier alpha value is -4.03. The minimum absolute atomic E-state index is 0.251. The van der Waals surface area contributed by atoms with Crippen molar-refractivity contribution in [2.24, 2.45) is 4.99 Å². The molecule has 0 N–H and O–H groups in total. The quantitative estimate of drug-likeness (QED) is 0.237. The summed E-state index contributed by atoms with van der Waals surface area (Å²) in [5.74, 6) is 0.192. The first kappa shape index (κ1) is 21.8. The van der Waals surface area contributed by atoms with Crippen molar-refractivity contribution in [3.8, 4) is 5.75 Å². The van der Waals surface area contributed by atoms with E-state index < -0.39 is 0 Å². The van der Waals surface area contributed by atoms with Crippen LogP contribution in [-0.4, -0.2) is 62.1 Å². The number of likely N-dealkylation sites (N-methyl/N-ethyl adjacent to an activating group) is 1. The topological polar surface area (TPSA) is 62.2 Å². The summed E-state index contributed by atoms with van der Waals surface area (Å²) in [5.41, 5.74) is 2.60. The van der Waals surface area contributed by atoms with Gasteiger partial charge < -0.3 is 9.64 Å². The van der Waals surface area contributed by atoms with Gasteiger partial charge in [-0.05, 0) is 55.2 Å². The number of para-hydroxylation sites is 1. The van der Waals surface area contributed by atoms with Crippen molar-refractivity contribution < 1.29 is 14.3 Å². The number of hydrogen-bond donors (Lipinski definition) is 0. The molecule has 6 heteroatoms. The highest BCUT2D eigenvalue weighted by atomic mass is 16.5. The molecule has 4 aromatic carbocycles. The number of ether oxygens (including phenoxy) is 1. The number of carbonyl (C=O) groups is 2. The van der Waals surface area contributed by atoms with E-state index in [0.29, 0.717) is 35.3 Å². The molecule has 34 heavy (non-hydrogen) atoms. The molecule has 2 amide bonds. The van der Waals surface area contributed by atoms with Crippen molar-refractivity contribution in [2.75, 3.05) is 34.3 Å². The van der Waals surface area contributed by atoms with Crippen LogP contribution in [0.2, 0.25) is 0 Å². The first-order valence-electron chi connectivity index (χ1n) is 11.2. The molecule has 5 rings (SSSR count). The van der Waals surface area contributed by atoms with Gasteiger partial charge in [-0.2, -0.15) is 0 Å². The van der Waals surface area contributed by atoms with Crippen molar-refractivity contribution >= 4 is 45.3 Å². The first-order chi connectivity index (χ1) is 16.5. The van der Waals surface area contributed by atoms with Gasteiger partial charge in [0, 0.05) is 41.2 Å². The summed E-state index contributed by atoms with van der Waals surface area (Å²) in [5, 5.41) is 3.23. The molecule has 0 fully saturated rings. The molecule has 1 heterocycles. The third-order valence-corrected chi connectivity index (χ3v) is 6.17. The van der Waals surface area contributed by atoms with Gasteiger partial charge in [0.1, 0.15) is 5.75 Å². The third kappa shape index (κ3) is 3.62. The SMILES string of the molecule is COc1ccccc1C=Nc1cccc2cc3cccc4c3c(c12)C(=O)N(CCN(C)C)C4=O. The molecule has 6 nitrogen and oxygen atoms in total. The van der Waals surface area contributed by atoms with E-state index in [0.717, 1.165) is 27.5 Å². The van der Waals surface area contributed by atoms with Gasteiger partial charge in [-0.3, -0.25) is 19.5 Å². The molecule has 0 spiro atoms. The van der Waals surface area contributed by atoms with Crippen LogP contribution in [0.5, 0.6) is 5.75 Å². The Labute approximate surface area is 198 Å². The fourth-order valence-corrected chi connectivity index (χ4v) is 4.50. The van der Waals surface area contributed by atoms with Gasteiger partial charge in [0.25, 0.3) is 11.8 Å². The van der Waals surface area contributed by atoms with E-state index in [2.05, 4.69) is 0 Å². The van der Waals surface area contributed by atoms with Crippen LogP contribution < -0.4 is 4.74 Å². The Morgan fingerprint density at radius 3 is 2.41 bits per heavy atom. The molecular formula is C28H25N3O3. The van der Waals surface area contributed by atoms with E-state index in [4.69, 9.17) is 9.73 Å². The average Bonchev–Trinajstić information content (AvgIpc) is 2.84. The number of carbonyl (C=O) groups excluding carboxylic acids is 2. The molecule has 0 radical (unpaired) electrons. The lowest BCUT2D eigenvalue weighted by molar-refractivity contribution is 0.0602. The number of methoxy groups -OCH3 is 1. The Balaban J connectivity index is 1.74. The fraction of sp³-hybridized carbons (Fsp3) is 0.179. The zero-order chi connectivity index (χ0) is 23.8. The molecule has 0 aromatic heterocycles. The van der Waals surface area contributed by atoms with Gasteiger partial charge in [-0.15, -0.1) is 0 Å². The van der Waals surface area contributed by atoms with Crippen LogP contribution in [0.4, 0.5) is 5.69 Å². The molecule has 0 saturated carbocycles. The Bertz CT molecular complexity index is 1470. The fourth-order valence-electron chi connectivity index (χ4n) is 4.50. The zero-order valence-electron chi connectivity index (χ0n) is 19.4. The van der Waals surface area contributed by atoms with Gasteiger partial charge in [0.15, 0.2) is 0 Å². The second-order valence-corrected chi connectivity index (χ2v) is 8.60. The van der Waals surface area contributed by atoms with Crippen LogP contribution in [0.3, 0.4) is 0 Å². The van der Waals surface area contributed by atoms with E-state index in [-0.39, 0.29) is 11.8 Å². The van der Waals surface area contributed by atoms with E-state index in [9.17, 15) is 9.59 Å². The molecule has 0 aliphatic carbocycles. The van der Waals surface area contributed by atoms with Gasteiger partial charge in [0.05, 0.1) is 18.4 Å². The van der Waals surface area contributed by atoms with Crippen molar-refractivity contribution in [3.63, 3.8) is 0 Å². The molecule has 1 aliphatic rings. The smallest absolute Gasteiger partial charge is 0.262 e. The lowest BCUT2D eigenvalue weighted by Gasteiger charge is -2.29. The zero-order valence-corrected chi connectivity index (χ0v) is 19.4. The minimum atomic E-state index is -0.277. The molecule has 0 atom stereocenters. The maximum absolute atomic E-state index is 13.8. The monoisotopic (exact) mass is 451 g/mol. The predicted molar refractivity (Wildman–Crippen MR) is 136 cm³/mol. The highest BCUT2D eigenvalue weighted by Gasteiger charge is 2.34. The number of benzene rings is 4. The third-order valence-electron chi connectivity index (χ3n) is 6.17. The second-order valence-electron chi connectivity index (χ2n) is 8.60. The van der Waals surface area contributed by atoms with Crippen LogP contribution in [0.1, 0.15) is 26.3 Å². The summed E-state index contributed by atoms with van der Waals surface area (Å²) < 4.78 is 5.44. The molecular weight excluding hydrogens is 426 g/mol. The highest BCUT2D eigenvalue weighted by Crippen LogP contribution is 2.39. The van der Waals surface area contributed by atoms with Crippen LogP contribution in [0, 0.1) is 0 Å². The Kier molecular flexibility index (Phi) is 5.59. The standard InChI is InChI=1S/C28H25N3O3/c1-30(2)14-15-31-27(32)21-11-6-9-18-16-19-10-7-12-22(25(19)26(24(18)21)28(31)33)29-17-20-8-4-5-13-23(20)34-3/h4-13,16-17H,14-15H2,1-3H3. The van der Waals surface area contributed by atoms with Crippen LogP contribution >= 0.6 is 0 Å². The number of hydrogen-bond acceptors (Lipinski definition) is 5. The summed E-state index contributed by atoms with van der Waals surface area (Å²) in [6.07, 6.45) is 1.75. The van der Waals surface area contributed by atoms with E-state index in [1.807, 2.05) is 79.7 Å². The van der Waals surface area contributed by atoms with Gasteiger partial charge in [-0.1, -0.05) is 36.4 Å². The Morgan fingerprint density at radius 1 is 0.912 bits per heavy atom. The summed E-state index contributed by atoms with van der Waals surface area (Å²) in [4.78, 5) is 35.1. The van der Waals surface area contributed by atoms with E-state index >= 15 is 0 Å². The summed E-state index contributed by atoms with van der Waals surface area (Å²) >= 11 is 0. The summed E-state index contributed by atoms with van der Waals surface area (Å²) in [7, 11) is 5.47. The lowest BCUT2D eigenvalue weighted by Crippen LogP contribution is -2.43. The number of nitrogens with zero attached hydrogens (tertiary/aromatic N) is 3. The molecule has 170 valence electrons. The number of fused-ring (bicyclic) bond motifs is 2. The van der Waals surface area contributed by atoms with E-state index in [1.165, 1.54) is 4.90 Å². The average molecular weight is 452 g/mol. The molecule has 0 saturated heterocycles. The molecule has 0 unspecified atom stereocenters. The van der Waals surface area contributed by atoms with Crippen LogP contribution in [0.15, 0.2) is 71.7 Å². The summed E-state index contributed by atoms with van der Waals surface area (Å²) in [6, 6.07) is 21.1. The molecule has 0 bridgehead atoms. The van der Waals surface area contributed by atoms with E-state index in [1.54, 1.807) is 19.4 Å². The number of aliphatic imine (C=N–C) groups is 1. The van der Waals surface area contributed by atoms with Crippen LogP contribution in [0.25, 0.3) is 21.5 Å². The second kappa shape index (κ2) is 8.72. The summed E-state index contributed by atoms with van der Waals surface area (Å²) in [6.45, 7) is 0.913. The molecule has 1 aliphatic heterocycles.